The van der Waals surface area contributed by atoms with Crippen molar-refractivity contribution in [2.75, 3.05) is 39.6 Å². The number of piperidine rings is 1. The largest absolute Gasteiger partial charge is 0.497 e. The highest BCUT2D eigenvalue weighted by Crippen LogP contribution is 2.41. The normalized spacial score (nSPS) is 14.2. The van der Waals surface area contributed by atoms with E-state index in [4.69, 9.17) is 19.9 Å². The monoisotopic (exact) mass is 564 g/mol. The average Bonchev–Trinajstić information content (AvgIpc) is 3.56. The zero-order chi connectivity index (χ0) is 28.9. The number of nitrogens with zero attached hydrogens (tertiary/aromatic N) is 5. The Balaban J connectivity index is 1.16. The Labute approximate surface area is 245 Å². The summed E-state index contributed by atoms with van der Waals surface area (Å²) in [5.41, 5.74) is 10.7. The summed E-state index contributed by atoms with van der Waals surface area (Å²) in [7, 11) is 3.36. The lowest BCUT2D eigenvalue weighted by Crippen LogP contribution is -2.32. The maximum Gasteiger partial charge on any atom is 0.154 e. The summed E-state index contributed by atoms with van der Waals surface area (Å²) in [6.07, 6.45) is 7.58. The van der Waals surface area contributed by atoms with Gasteiger partial charge >= 0.3 is 0 Å². The molecule has 9 heteroatoms. The molecule has 42 heavy (non-hydrogen) atoms. The highest BCUT2D eigenvalue weighted by atomic mass is 16.5. The van der Waals surface area contributed by atoms with Crippen LogP contribution in [0, 0.1) is 0 Å². The summed E-state index contributed by atoms with van der Waals surface area (Å²) < 4.78 is 19.0. The molecule has 1 aliphatic rings. The zero-order valence-corrected chi connectivity index (χ0v) is 24.1. The summed E-state index contributed by atoms with van der Waals surface area (Å²) >= 11 is 0. The first-order chi connectivity index (χ1) is 20.6. The molecular weight excluding hydrogens is 528 g/mol. The first kappa shape index (κ1) is 27.5. The van der Waals surface area contributed by atoms with E-state index in [1.807, 2.05) is 41.1 Å². The van der Waals surface area contributed by atoms with Gasteiger partial charge in [0.05, 0.1) is 27.1 Å². The van der Waals surface area contributed by atoms with Gasteiger partial charge < -0.3 is 24.5 Å². The molecule has 0 aliphatic carbocycles. The van der Waals surface area contributed by atoms with E-state index in [1.54, 1.807) is 26.7 Å². The fourth-order valence-electron chi connectivity index (χ4n) is 5.74. The number of nitrogen functional groups attached to an aromatic ring is 1. The number of imidazole rings is 1. The van der Waals surface area contributed by atoms with Gasteiger partial charge in [0.25, 0.3) is 0 Å². The molecule has 3 aromatic carbocycles. The molecule has 0 bridgehead atoms. The van der Waals surface area contributed by atoms with E-state index in [-0.39, 0.29) is 0 Å². The van der Waals surface area contributed by atoms with E-state index >= 15 is 0 Å². The van der Waals surface area contributed by atoms with Crippen LogP contribution in [0.4, 0.5) is 5.82 Å². The van der Waals surface area contributed by atoms with Gasteiger partial charge in [0.15, 0.2) is 5.82 Å². The van der Waals surface area contributed by atoms with Crippen LogP contribution in [0.25, 0.3) is 22.0 Å². The number of anilines is 1. The lowest BCUT2D eigenvalue weighted by atomic mass is 9.85. The van der Waals surface area contributed by atoms with Crippen molar-refractivity contribution < 1.29 is 14.2 Å². The number of hydrogen-bond donors (Lipinski definition) is 1. The van der Waals surface area contributed by atoms with Gasteiger partial charge in [-0.15, -0.1) is 10.2 Å². The fraction of sp³-hybridized carbons (Fsp3) is 0.303. The van der Waals surface area contributed by atoms with Crippen LogP contribution in [0.15, 0.2) is 79.4 Å². The van der Waals surface area contributed by atoms with Crippen LogP contribution in [0.3, 0.4) is 0 Å². The predicted octanol–water partition coefficient (Wildman–Crippen LogP) is 5.55. The average molecular weight is 565 g/mol. The van der Waals surface area contributed by atoms with Gasteiger partial charge in [-0.05, 0) is 91.5 Å². The maximum atomic E-state index is 6.37. The Hall–Kier alpha value is -4.63. The Morgan fingerprint density at radius 3 is 2.31 bits per heavy atom. The quantitative estimate of drug-likeness (QED) is 0.236. The number of hydrogen-bond acceptors (Lipinski definition) is 8. The van der Waals surface area contributed by atoms with Crippen LogP contribution in [0.5, 0.6) is 17.2 Å². The van der Waals surface area contributed by atoms with Crippen LogP contribution in [0.1, 0.15) is 29.9 Å². The van der Waals surface area contributed by atoms with Crippen molar-refractivity contribution in [3.05, 3.63) is 90.5 Å². The first-order valence-corrected chi connectivity index (χ1v) is 14.3. The van der Waals surface area contributed by atoms with Crippen molar-refractivity contribution in [3.8, 4) is 28.5 Å². The summed E-state index contributed by atoms with van der Waals surface area (Å²) in [6, 6.07) is 20.5. The van der Waals surface area contributed by atoms with Crippen LogP contribution in [0.2, 0.25) is 0 Å². The van der Waals surface area contributed by atoms with Gasteiger partial charge in [0, 0.05) is 35.3 Å². The SMILES string of the molecule is COc1ccc(-c2nnc(N)c3cc(OC)cc(C4CCN(Cc5ccc(OCCn6ccnc6)cc5)CC4)c23)cc1. The maximum absolute atomic E-state index is 6.37. The number of rotatable bonds is 10. The number of benzene rings is 3. The van der Waals surface area contributed by atoms with Gasteiger partial charge in [-0.3, -0.25) is 4.90 Å². The molecule has 5 aromatic rings. The van der Waals surface area contributed by atoms with Gasteiger partial charge in [-0.1, -0.05) is 12.1 Å². The van der Waals surface area contributed by atoms with E-state index in [2.05, 4.69) is 50.4 Å². The van der Waals surface area contributed by atoms with E-state index in [0.717, 1.165) is 78.3 Å². The molecular formula is C33H36N6O3. The molecule has 3 heterocycles. The minimum atomic E-state index is 0.353. The van der Waals surface area contributed by atoms with E-state index in [0.29, 0.717) is 18.3 Å². The summed E-state index contributed by atoms with van der Waals surface area (Å²) in [5, 5.41) is 10.8. The molecule has 0 unspecified atom stereocenters. The molecule has 1 fully saturated rings. The van der Waals surface area contributed by atoms with Crippen LogP contribution >= 0.6 is 0 Å². The molecule has 216 valence electrons. The third-order valence-electron chi connectivity index (χ3n) is 8.05. The second-order valence-electron chi connectivity index (χ2n) is 10.6. The molecule has 0 amide bonds. The topological polar surface area (TPSA) is 101 Å². The molecule has 1 saturated heterocycles. The van der Waals surface area contributed by atoms with Crippen molar-refractivity contribution in [2.45, 2.75) is 31.8 Å². The Bertz CT molecular complexity index is 1610. The van der Waals surface area contributed by atoms with Crippen molar-refractivity contribution in [1.82, 2.24) is 24.6 Å². The Morgan fingerprint density at radius 1 is 0.881 bits per heavy atom. The summed E-state index contributed by atoms with van der Waals surface area (Å²) in [5.74, 6) is 3.23. The van der Waals surface area contributed by atoms with Crippen molar-refractivity contribution in [3.63, 3.8) is 0 Å². The third-order valence-corrected chi connectivity index (χ3v) is 8.05. The highest BCUT2D eigenvalue weighted by Gasteiger charge is 2.25. The van der Waals surface area contributed by atoms with E-state index < -0.39 is 0 Å². The lowest BCUT2D eigenvalue weighted by Gasteiger charge is -2.33. The minimum absolute atomic E-state index is 0.353. The number of aromatic nitrogens is 4. The smallest absolute Gasteiger partial charge is 0.154 e. The standard InChI is InChI=1S/C33H36N6O3/c1-40-26-9-5-25(6-10-26)32-31-29(19-28(41-2)20-30(31)33(34)37-36-32)24-11-14-38(15-12-24)21-23-3-7-27(8-4-23)42-18-17-39-16-13-35-22-39/h3-10,13,16,19-20,22,24H,11-12,14-15,17-18,21H2,1-2H3,(H2,34,37). The molecule has 0 atom stereocenters. The fourth-order valence-corrected chi connectivity index (χ4v) is 5.74. The van der Waals surface area contributed by atoms with E-state index in [9.17, 15) is 0 Å². The summed E-state index contributed by atoms with van der Waals surface area (Å²) in [4.78, 5) is 6.59. The molecule has 6 rings (SSSR count). The molecule has 9 nitrogen and oxygen atoms in total. The van der Waals surface area contributed by atoms with Crippen LogP contribution in [-0.2, 0) is 13.1 Å². The number of methoxy groups -OCH3 is 2. The number of nitrogens with two attached hydrogens (primary N) is 1. The first-order valence-electron chi connectivity index (χ1n) is 14.3. The highest BCUT2D eigenvalue weighted by molar-refractivity contribution is 6.02. The molecule has 0 radical (unpaired) electrons. The third kappa shape index (κ3) is 6.01. The molecule has 0 spiro atoms. The van der Waals surface area contributed by atoms with E-state index in [1.165, 1.54) is 11.1 Å². The van der Waals surface area contributed by atoms with Crippen molar-refractivity contribution >= 4 is 16.6 Å². The Morgan fingerprint density at radius 2 is 1.62 bits per heavy atom. The van der Waals surface area contributed by atoms with Crippen LogP contribution < -0.4 is 19.9 Å². The van der Waals surface area contributed by atoms with Crippen LogP contribution in [-0.4, -0.2) is 58.6 Å². The molecule has 2 aromatic heterocycles. The Kier molecular flexibility index (Phi) is 8.18. The predicted molar refractivity (Wildman–Crippen MR) is 164 cm³/mol. The second-order valence-corrected chi connectivity index (χ2v) is 10.6. The number of likely N-dealkylation sites (tertiary alicyclic amines) is 1. The number of fused-ring (bicyclic) bond motifs is 1. The molecule has 1 aliphatic heterocycles. The molecule has 2 N–H and O–H groups in total. The molecule has 0 saturated carbocycles. The lowest BCUT2D eigenvalue weighted by molar-refractivity contribution is 0.205. The van der Waals surface area contributed by atoms with Gasteiger partial charge in [0.1, 0.15) is 29.5 Å². The summed E-state index contributed by atoms with van der Waals surface area (Å²) in [6.45, 7) is 4.30. The second kappa shape index (κ2) is 12.5. The number of ether oxygens (including phenoxy) is 3. The van der Waals surface area contributed by atoms with Gasteiger partial charge in [-0.25, -0.2) is 4.98 Å². The minimum Gasteiger partial charge on any atom is -0.497 e. The van der Waals surface area contributed by atoms with Gasteiger partial charge in [0.2, 0.25) is 0 Å². The van der Waals surface area contributed by atoms with Gasteiger partial charge in [-0.2, -0.15) is 0 Å². The zero-order valence-electron chi connectivity index (χ0n) is 24.1. The van der Waals surface area contributed by atoms with Crippen molar-refractivity contribution in [2.24, 2.45) is 0 Å². The van der Waals surface area contributed by atoms with Crippen molar-refractivity contribution in [1.29, 1.82) is 0 Å².